The third kappa shape index (κ3) is 3.55. The lowest BCUT2D eigenvalue weighted by atomic mass is 9.99. The lowest BCUT2D eigenvalue weighted by Gasteiger charge is -2.18. The zero-order valence-electron chi connectivity index (χ0n) is 13.5. The summed E-state index contributed by atoms with van der Waals surface area (Å²) in [4.78, 5) is 48.1. The molecule has 1 aromatic rings. The van der Waals surface area contributed by atoms with E-state index in [9.17, 15) is 19.2 Å². The molecule has 9 heteroatoms. The smallest absolute Gasteiger partial charge is 0.325 e. The summed E-state index contributed by atoms with van der Waals surface area (Å²) in [6, 6.07) is 2.52. The molecule has 0 bridgehead atoms. The Kier molecular flexibility index (Phi) is 5.22. The molecule has 130 valence electrons. The van der Waals surface area contributed by atoms with Crippen molar-refractivity contribution in [3.8, 4) is 0 Å². The molecule has 24 heavy (non-hydrogen) atoms. The number of methoxy groups -OCH3 is 1. The van der Waals surface area contributed by atoms with Crippen LogP contribution < -0.4 is 10.6 Å². The van der Waals surface area contributed by atoms with Crippen LogP contribution in [0.4, 0.5) is 4.79 Å². The number of nitrogens with one attached hydrogen (secondary N) is 2. The number of nitrogens with zero attached hydrogens (tertiary/aromatic N) is 1. The van der Waals surface area contributed by atoms with Crippen LogP contribution in [0.15, 0.2) is 22.8 Å². The largest absolute Gasteiger partial charge is 0.469 e. The summed E-state index contributed by atoms with van der Waals surface area (Å²) in [7, 11) is 1.29. The molecule has 0 aromatic carbocycles. The van der Waals surface area contributed by atoms with Crippen molar-refractivity contribution < 1.29 is 28.3 Å². The Morgan fingerprint density at radius 1 is 1.42 bits per heavy atom. The average molecular weight is 337 g/mol. The molecule has 0 saturated carbocycles. The number of hydrogen-bond donors (Lipinski definition) is 2. The minimum absolute atomic E-state index is 0.177. The van der Waals surface area contributed by atoms with Gasteiger partial charge in [0, 0.05) is 13.0 Å². The van der Waals surface area contributed by atoms with E-state index in [4.69, 9.17) is 4.42 Å². The molecule has 1 saturated heterocycles. The molecule has 0 aliphatic carbocycles. The Hall–Kier alpha value is -2.84. The van der Waals surface area contributed by atoms with Gasteiger partial charge in [-0.2, -0.15) is 0 Å². The van der Waals surface area contributed by atoms with Crippen LogP contribution in [-0.2, 0) is 24.7 Å². The van der Waals surface area contributed by atoms with Crippen molar-refractivity contribution in [3.63, 3.8) is 0 Å². The number of amides is 4. The van der Waals surface area contributed by atoms with Crippen LogP contribution in [0, 0.1) is 0 Å². The fourth-order valence-corrected chi connectivity index (χ4v) is 2.33. The zero-order chi connectivity index (χ0) is 17.7. The van der Waals surface area contributed by atoms with Crippen molar-refractivity contribution in [1.82, 2.24) is 15.5 Å². The molecule has 4 amide bonds. The Labute approximate surface area is 138 Å². The third-order valence-corrected chi connectivity index (χ3v) is 3.70. The highest BCUT2D eigenvalue weighted by Crippen LogP contribution is 2.28. The average Bonchev–Trinajstić information content (AvgIpc) is 3.16. The molecule has 1 aliphatic rings. The van der Waals surface area contributed by atoms with Gasteiger partial charge in [0.1, 0.15) is 12.3 Å². The van der Waals surface area contributed by atoms with Crippen molar-refractivity contribution in [2.24, 2.45) is 0 Å². The lowest BCUT2D eigenvalue weighted by Crippen LogP contribution is -2.43. The van der Waals surface area contributed by atoms with Gasteiger partial charge in [-0.05, 0) is 25.5 Å². The summed E-state index contributed by atoms with van der Waals surface area (Å²) in [5, 5.41) is 5.08. The number of furan rings is 1. The van der Waals surface area contributed by atoms with Gasteiger partial charge in [-0.25, -0.2) is 4.79 Å². The lowest BCUT2D eigenvalue weighted by molar-refractivity contribution is -0.140. The Bertz CT molecular complexity index is 642. The van der Waals surface area contributed by atoms with Crippen LogP contribution in [0.5, 0.6) is 0 Å². The van der Waals surface area contributed by atoms with Crippen molar-refractivity contribution in [2.75, 3.05) is 20.2 Å². The first-order valence-corrected chi connectivity index (χ1v) is 7.40. The van der Waals surface area contributed by atoms with Crippen molar-refractivity contribution >= 4 is 23.8 Å². The van der Waals surface area contributed by atoms with Crippen LogP contribution in [0.3, 0.4) is 0 Å². The summed E-state index contributed by atoms with van der Waals surface area (Å²) in [6.07, 6.45) is 1.98. The number of carbonyl (C=O) groups is 4. The molecule has 0 radical (unpaired) electrons. The van der Waals surface area contributed by atoms with Crippen molar-refractivity contribution in [2.45, 2.75) is 25.3 Å². The third-order valence-electron chi connectivity index (χ3n) is 3.70. The molecule has 2 heterocycles. The highest BCUT2D eigenvalue weighted by molar-refractivity contribution is 6.08. The molecule has 2 N–H and O–H groups in total. The van der Waals surface area contributed by atoms with Gasteiger partial charge >= 0.3 is 12.0 Å². The Morgan fingerprint density at radius 2 is 2.17 bits per heavy atom. The molecule has 1 unspecified atom stereocenters. The molecule has 2 rings (SSSR count). The molecule has 9 nitrogen and oxygen atoms in total. The second-order valence-corrected chi connectivity index (χ2v) is 5.45. The fraction of sp³-hybridized carbons (Fsp3) is 0.467. The van der Waals surface area contributed by atoms with Gasteiger partial charge in [0.25, 0.3) is 5.91 Å². The van der Waals surface area contributed by atoms with E-state index in [1.54, 1.807) is 12.1 Å². The maximum atomic E-state index is 12.5. The molecular formula is C15H19N3O6. The standard InChI is InChI=1S/C15H19N3O6/c1-15(10-5-4-8-24-10)13(21)18(14(22)17-15)9-11(19)16-7-3-6-12(20)23-2/h4-5,8H,3,6-7,9H2,1-2H3,(H,16,19)(H,17,22). The highest BCUT2D eigenvalue weighted by atomic mass is 16.5. The van der Waals surface area contributed by atoms with Gasteiger partial charge in [0.05, 0.1) is 13.4 Å². The van der Waals surface area contributed by atoms with Gasteiger partial charge in [-0.15, -0.1) is 0 Å². The molecule has 1 fully saturated rings. The minimum Gasteiger partial charge on any atom is -0.469 e. The summed E-state index contributed by atoms with van der Waals surface area (Å²) in [5.74, 6) is -1.13. The van der Waals surface area contributed by atoms with E-state index in [1.165, 1.54) is 20.3 Å². The monoisotopic (exact) mass is 337 g/mol. The van der Waals surface area contributed by atoms with E-state index in [2.05, 4.69) is 15.4 Å². The number of rotatable bonds is 7. The first-order chi connectivity index (χ1) is 11.4. The second kappa shape index (κ2) is 7.16. The predicted molar refractivity (Wildman–Crippen MR) is 80.6 cm³/mol. The van der Waals surface area contributed by atoms with E-state index in [-0.39, 0.29) is 18.9 Å². The summed E-state index contributed by atoms with van der Waals surface area (Å²) in [5.41, 5.74) is -1.33. The molecule has 0 spiro atoms. The number of imide groups is 1. The predicted octanol–water partition coefficient (Wildman–Crippen LogP) is 0.116. The van der Waals surface area contributed by atoms with E-state index in [1.807, 2.05) is 0 Å². The molecule has 1 aliphatic heterocycles. The normalized spacial score (nSPS) is 20.0. The number of ether oxygens (including phenoxy) is 1. The quantitative estimate of drug-likeness (QED) is 0.414. The molecule has 1 atom stereocenters. The summed E-state index contributed by atoms with van der Waals surface area (Å²) < 4.78 is 9.68. The van der Waals surface area contributed by atoms with Crippen molar-refractivity contribution in [1.29, 1.82) is 0 Å². The maximum absolute atomic E-state index is 12.5. The fourth-order valence-electron chi connectivity index (χ4n) is 2.33. The minimum atomic E-state index is -1.33. The van der Waals surface area contributed by atoms with Gasteiger partial charge in [0.2, 0.25) is 5.91 Å². The van der Waals surface area contributed by atoms with E-state index < -0.39 is 29.9 Å². The van der Waals surface area contributed by atoms with Gasteiger partial charge in [-0.1, -0.05) is 0 Å². The van der Waals surface area contributed by atoms with Gasteiger partial charge in [-0.3, -0.25) is 19.3 Å². The highest BCUT2D eigenvalue weighted by Gasteiger charge is 2.51. The van der Waals surface area contributed by atoms with Crippen LogP contribution in [0.1, 0.15) is 25.5 Å². The maximum Gasteiger partial charge on any atom is 0.325 e. The van der Waals surface area contributed by atoms with E-state index >= 15 is 0 Å². The number of carbonyl (C=O) groups excluding carboxylic acids is 4. The number of esters is 1. The Morgan fingerprint density at radius 3 is 2.79 bits per heavy atom. The Balaban J connectivity index is 1.88. The SMILES string of the molecule is COC(=O)CCCNC(=O)CN1C(=O)NC(C)(c2ccco2)C1=O. The van der Waals surface area contributed by atoms with E-state index in [0.29, 0.717) is 12.2 Å². The molecule has 1 aromatic heterocycles. The first-order valence-electron chi connectivity index (χ1n) is 7.40. The van der Waals surface area contributed by atoms with Crippen LogP contribution >= 0.6 is 0 Å². The van der Waals surface area contributed by atoms with Crippen LogP contribution in [-0.4, -0.2) is 48.9 Å². The zero-order valence-corrected chi connectivity index (χ0v) is 13.5. The topological polar surface area (TPSA) is 118 Å². The number of hydrogen-bond acceptors (Lipinski definition) is 6. The van der Waals surface area contributed by atoms with Crippen molar-refractivity contribution in [3.05, 3.63) is 24.2 Å². The second-order valence-electron chi connectivity index (χ2n) is 5.45. The first kappa shape index (κ1) is 17.5. The van der Waals surface area contributed by atoms with E-state index in [0.717, 1.165) is 4.90 Å². The van der Waals surface area contributed by atoms with Crippen LogP contribution in [0.2, 0.25) is 0 Å². The number of urea groups is 1. The molecular weight excluding hydrogens is 318 g/mol. The summed E-state index contributed by atoms with van der Waals surface area (Å²) in [6.45, 7) is 1.35. The van der Waals surface area contributed by atoms with Gasteiger partial charge in [0.15, 0.2) is 5.54 Å². The van der Waals surface area contributed by atoms with Gasteiger partial charge < -0.3 is 19.8 Å². The summed E-state index contributed by atoms with van der Waals surface area (Å²) >= 11 is 0. The van der Waals surface area contributed by atoms with Crippen LogP contribution in [0.25, 0.3) is 0 Å².